The fourth-order valence-corrected chi connectivity index (χ4v) is 2.81. The average Bonchev–Trinajstić information content (AvgIpc) is 2.70. The Hall–Kier alpha value is -0.860. The second-order valence-corrected chi connectivity index (χ2v) is 4.89. The minimum Gasteiger partial charge on any atom is -0.329 e. The molecule has 3 unspecified atom stereocenters. The van der Waals surface area contributed by atoms with E-state index in [0.717, 1.165) is 12.5 Å². The van der Waals surface area contributed by atoms with Gasteiger partial charge < -0.3 is 5.73 Å². The summed E-state index contributed by atoms with van der Waals surface area (Å²) < 4.78 is 0. The van der Waals surface area contributed by atoms with Crippen LogP contribution in [-0.2, 0) is 0 Å². The number of rotatable bonds is 3. The summed E-state index contributed by atoms with van der Waals surface area (Å²) >= 11 is 0. The van der Waals surface area contributed by atoms with Crippen LogP contribution in [0.4, 0.5) is 0 Å². The van der Waals surface area contributed by atoms with Gasteiger partial charge in [-0.1, -0.05) is 37.3 Å². The molecular formula is C14H22N2. The highest BCUT2D eigenvalue weighted by Gasteiger charge is 2.33. The van der Waals surface area contributed by atoms with Crippen LogP contribution in [0, 0.1) is 5.92 Å². The van der Waals surface area contributed by atoms with Crippen molar-refractivity contribution in [3.05, 3.63) is 35.9 Å². The van der Waals surface area contributed by atoms with Crippen LogP contribution in [0.2, 0.25) is 0 Å². The largest absolute Gasteiger partial charge is 0.329 e. The first-order chi connectivity index (χ1) is 7.74. The Labute approximate surface area is 98.4 Å². The van der Waals surface area contributed by atoms with Gasteiger partial charge in [-0.15, -0.1) is 0 Å². The fraction of sp³-hybridized carbons (Fsp3) is 0.571. The van der Waals surface area contributed by atoms with Crippen LogP contribution in [0.3, 0.4) is 0 Å². The van der Waals surface area contributed by atoms with Crippen LogP contribution in [0.5, 0.6) is 0 Å². The van der Waals surface area contributed by atoms with Crippen molar-refractivity contribution in [2.45, 2.75) is 32.4 Å². The molecule has 0 amide bonds. The topological polar surface area (TPSA) is 29.3 Å². The van der Waals surface area contributed by atoms with Gasteiger partial charge in [-0.2, -0.15) is 0 Å². The van der Waals surface area contributed by atoms with E-state index in [1.807, 2.05) is 0 Å². The van der Waals surface area contributed by atoms with Crippen molar-refractivity contribution in [1.29, 1.82) is 0 Å². The predicted octanol–water partition coefficient (Wildman–Crippen LogP) is 2.42. The quantitative estimate of drug-likeness (QED) is 0.844. The highest BCUT2D eigenvalue weighted by Crippen LogP contribution is 2.31. The second kappa shape index (κ2) is 4.98. The van der Waals surface area contributed by atoms with Gasteiger partial charge in [0.2, 0.25) is 0 Å². The van der Waals surface area contributed by atoms with Crippen LogP contribution in [0.1, 0.15) is 31.9 Å². The first kappa shape index (κ1) is 11.6. The van der Waals surface area contributed by atoms with Gasteiger partial charge in [-0.3, -0.25) is 4.90 Å². The van der Waals surface area contributed by atoms with Crippen molar-refractivity contribution < 1.29 is 0 Å². The van der Waals surface area contributed by atoms with E-state index in [1.54, 1.807) is 0 Å². The highest BCUT2D eigenvalue weighted by molar-refractivity contribution is 5.19. The number of nitrogens with two attached hydrogens (primary N) is 1. The molecule has 0 spiro atoms. The van der Waals surface area contributed by atoms with Crippen molar-refractivity contribution in [1.82, 2.24) is 4.90 Å². The van der Waals surface area contributed by atoms with Crippen molar-refractivity contribution in [3.8, 4) is 0 Å². The summed E-state index contributed by atoms with van der Waals surface area (Å²) in [5, 5.41) is 0. The Bertz CT molecular complexity index is 323. The number of hydrogen-bond acceptors (Lipinski definition) is 2. The molecule has 1 heterocycles. The number of likely N-dealkylation sites (tertiary alicyclic amines) is 1. The van der Waals surface area contributed by atoms with Crippen molar-refractivity contribution in [2.24, 2.45) is 11.7 Å². The minimum atomic E-state index is 0.486. The Balaban J connectivity index is 2.13. The third-order valence-corrected chi connectivity index (χ3v) is 3.95. The predicted molar refractivity (Wildman–Crippen MR) is 68.2 cm³/mol. The van der Waals surface area contributed by atoms with E-state index in [0.29, 0.717) is 12.1 Å². The first-order valence-electron chi connectivity index (χ1n) is 6.24. The van der Waals surface area contributed by atoms with Gasteiger partial charge >= 0.3 is 0 Å². The third-order valence-electron chi connectivity index (χ3n) is 3.95. The molecule has 2 rings (SSSR count). The van der Waals surface area contributed by atoms with Crippen LogP contribution in [0.15, 0.2) is 30.3 Å². The molecule has 0 saturated carbocycles. The van der Waals surface area contributed by atoms with E-state index in [2.05, 4.69) is 49.1 Å². The van der Waals surface area contributed by atoms with Crippen LogP contribution >= 0.6 is 0 Å². The maximum absolute atomic E-state index is 5.89. The maximum Gasteiger partial charge on any atom is 0.0323 e. The van der Waals surface area contributed by atoms with E-state index in [1.165, 1.54) is 18.5 Å². The third kappa shape index (κ3) is 2.13. The molecule has 2 nitrogen and oxygen atoms in total. The summed E-state index contributed by atoms with van der Waals surface area (Å²) in [6.45, 7) is 6.56. The smallest absolute Gasteiger partial charge is 0.0323 e. The fourth-order valence-electron chi connectivity index (χ4n) is 2.81. The molecule has 1 aliphatic rings. The lowest BCUT2D eigenvalue weighted by Crippen LogP contribution is -2.39. The van der Waals surface area contributed by atoms with E-state index in [9.17, 15) is 0 Å². The molecule has 1 aromatic rings. The molecule has 2 N–H and O–H groups in total. The van der Waals surface area contributed by atoms with Crippen LogP contribution < -0.4 is 5.73 Å². The lowest BCUT2D eigenvalue weighted by atomic mass is 10.0. The van der Waals surface area contributed by atoms with Gasteiger partial charge in [0, 0.05) is 18.6 Å². The molecule has 0 bridgehead atoms. The molecule has 0 aromatic heterocycles. The van der Waals surface area contributed by atoms with Crippen LogP contribution in [0.25, 0.3) is 0 Å². The molecule has 1 aliphatic heterocycles. The zero-order chi connectivity index (χ0) is 11.5. The Morgan fingerprint density at radius 1 is 1.38 bits per heavy atom. The first-order valence-corrected chi connectivity index (χ1v) is 6.24. The van der Waals surface area contributed by atoms with E-state index >= 15 is 0 Å². The van der Waals surface area contributed by atoms with Gasteiger partial charge in [0.15, 0.2) is 0 Å². The molecule has 1 fully saturated rings. The molecule has 16 heavy (non-hydrogen) atoms. The monoisotopic (exact) mass is 218 g/mol. The SMILES string of the molecule is CC1CCN(C(C)c2ccccc2)C1CN. The summed E-state index contributed by atoms with van der Waals surface area (Å²) in [5.41, 5.74) is 7.29. The Morgan fingerprint density at radius 2 is 2.06 bits per heavy atom. The average molecular weight is 218 g/mol. The Morgan fingerprint density at radius 3 is 2.69 bits per heavy atom. The standard InChI is InChI=1S/C14H22N2/c1-11-8-9-16(14(11)10-15)12(2)13-6-4-3-5-7-13/h3-7,11-12,14H,8-10,15H2,1-2H3. The second-order valence-electron chi connectivity index (χ2n) is 4.89. The Kier molecular flexibility index (Phi) is 3.62. The van der Waals surface area contributed by atoms with Gasteiger partial charge in [-0.25, -0.2) is 0 Å². The molecule has 88 valence electrons. The number of hydrogen-bond donors (Lipinski definition) is 1. The summed E-state index contributed by atoms with van der Waals surface area (Å²) in [6.07, 6.45) is 1.28. The van der Waals surface area contributed by atoms with E-state index in [-0.39, 0.29) is 0 Å². The number of benzene rings is 1. The molecule has 0 aliphatic carbocycles. The molecule has 3 atom stereocenters. The number of nitrogens with zero attached hydrogens (tertiary/aromatic N) is 1. The van der Waals surface area contributed by atoms with Crippen LogP contribution in [-0.4, -0.2) is 24.0 Å². The van der Waals surface area contributed by atoms with Crippen molar-refractivity contribution in [2.75, 3.05) is 13.1 Å². The highest BCUT2D eigenvalue weighted by atomic mass is 15.2. The lowest BCUT2D eigenvalue weighted by Gasteiger charge is -2.31. The lowest BCUT2D eigenvalue weighted by molar-refractivity contribution is 0.180. The molecule has 2 heteroatoms. The molecule has 1 aromatic carbocycles. The maximum atomic E-state index is 5.89. The van der Waals surface area contributed by atoms with Gasteiger partial charge in [-0.05, 0) is 31.4 Å². The van der Waals surface area contributed by atoms with E-state index < -0.39 is 0 Å². The molecule has 1 saturated heterocycles. The normalized spacial score (nSPS) is 28.2. The van der Waals surface area contributed by atoms with Crippen molar-refractivity contribution >= 4 is 0 Å². The van der Waals surface area contributed by atoms with Gasteiger partial charge in [0.25, 0.3) is 0 Å². The minimum absolute atomic E-state index is 0.486. The zero-order valence-corrected chi connectivity index (χ0v) is 10.3. The van der Waals surface area contributed by atoms with Crippen molar-refractivity contribution in [3.63, 3.8) is 0 Å². The summed E-state index contributed by atoms with van der Waals surface area (Å²) in [4.78, 5) is 2.56. The summed E-state index contributed by atoms with van der Waals surface area (Å²) in [5.74, 6) is 0.733. The van der Waals surface area contributed by atoms with Gasteiger partial charge in [0.1, 0.15) is 0 Å². The zero-order valence-electron chi connectivity index (χ0n) is 10.3. The summed E-state index contributed by atoms with van der Waals surface area (Å²) in [6, 6.07) is 11.8. The molecule has 0 radical (unpaired) electrons. The summed E-state index contributed by atoms with van der Waals surface area (Å²) in [7, 11) is 0. The van der Waals surface area contributed by atoms with E-state index in [4.69, 9.17) is 5.73 Å². The molecular weight excluding hydrogens is 196 g/mol. The van der Waals surface area contributed by atoms with Gasteiger partial charge in [0.05, 0.1) is 0 Å².